The molecule has 17 heavy (non-hydrogen) atoms. The number of carbonyl (C=O) groups is 1. The summed E-state index contributed by atoms with van der Waals surface area (Å²) in [5, 5.41) is 0. The van der Waals surface area contributed by atoms with Crippen molar-refractivity contribution in [2.45, 2.75) is 0 Å². The smallest absolute Gasteiger partial charge is 0.341 e. The number of aromatic amines is 1. The number of rotatable bonds is 1. The van der Waals surface area contributed by atoms with E-state index in [1.165, 1.54) is 13.3 Å². The molecule has 0 atom stereocenters. The van der Waals surface area contributed by atoms with Gasteiger partial charge in [-0.2, -0.15) is 0 Å². The molecular formula is C12H9N3O2. The van der Waals surface area contributed by atoms with Crippen LogP contribution >= 0.6 is 0 Å². The molecule has 0 aliphatic carbocycles. The standard InChI is InChI=1S/C12H9N3O2/c1-17-12(16)7-6-13-11-10(7)14-8-4-2-3-5-9(8)15-11/h2-6,14H,1H3. The number of H-pyrrole nitrogens is 1. The molecule has 2 heterocycles. The van der Waals surface area contributed by atoms with Crippen molar-refractivity contribution in [1.29, 1.82) is 0 Å². The van der Waals surface area contributed by atoms with Crippen LogP contribution in [0.5, 0.6) is 0 Å². The van der Waals surface area contributed by atoms with Gasteiger partial charge in [-0.05, 0) is 12.1 Å². The van der Waals surface area contributed by atoms with E-state index in [0.717, 1.165) is 11.0 Å². The zero-order valence-electron chi connectivity index (χ0n) is 9.10. The first-order valence-electron chi connectivity index (χ1n) is 5.11. The molecule has 0 amide bonds. The molecule has 5 heteroatoms. The number of benzene rings is 1. The average Bonchev–Trinajstić information content (AvgIpc) is 2.78. The van der Waals surface area contributed by atoms with Gasteiger partial charge >= 0.3 is 5.97 Å². The molecule has 84 valence electrons. The first-order valence-corrected chi connectivity index (χ1v) is 5.11. The second-order valence-electron chi connectivity index (χ2n) is 3.62. The van der Waals surface area contributed by atoms with E-state index in [4.69, 9.17) is 0 Å². The van der Waals surface area contributed by atoms with E-state index in [2.05, 4.69) is 19.7 Å². The van der Waals surface area contributed by atoms with Gasteiger partial charge in [-0.1, -0.05) is 12.1 Å². The number of para-hydroxylation sites is 2. The van der Waals surface area contributed by atoms with E-state index in [0.29, 0.717) is 17.1 Å². The van der Waals surface area contributed by atoms with E-state index in [1.807, 2.05) is 24.3 Å². The third-order valence-corrected chi connectivity index (χ3v) is 2.60. The Bertz CT molecular complexity index is 675. The first kappa shape index (κ1) is 9.77. The summed E-state index contributed by atoms with van der Waals surface area (Å²) in [5.41, 5.74) is 2.68. The van der Waals surface area contributed by atoms with Crippen LogP contribution in [0.15, 0.2) is 30.5 Å². The van der Waals surface area contributed by atoms with Crippen LogP contribution in [0.4, 0.5) is 0 Å². The van der Waals surface area contributed by atoms with Gasteiger partial charge in [-0.15, -0.1) is 0 Å². The van der Waals surface area contributed by atoms with Crippen molar-refractivity contribution >= 4 is 17.0 Å². The molecule has 0 aromatic heterocycles. The Morgan fingerprint density at radius 3 is 3.00 bits per heavy atom. The summed E-state index contributed by atoms with van der Waals surface area (Å²) in [7, 11) is 1.34. The predicted molar refractivity (Wildman–Crippen MR) is 61.9 cm³/mol. The Morgan fingerprint density at radius 1 is 1.35 bits per heavy atom. The molecule has 1 N–H and O–H groups in total. The Hall–Kier alpha value is -2.43. The molecule has 0 fully saturated rings. The lowest BCUT2D eigenvalue weighted by Gasteiger charge is -2.04. The van der Waals surface area contributed by atoms with Crippen molar-refractivity contribution in [3.8, 4) is 11.5 Å². The van der Waals surface area contributed by atoms with Gasteiger partial charge in [0, 0.05) is 6.20 Å². The third-order valence-electron chi connectivity index (χ3n) is 2.60. The Morgan fingerprint density at radius 2 is 2.18 bits per heavy atom. The lowest BCUT2D eigenvalue weighted by molar-refractivity contribution is 0.0601. The molecule has 1 aromatic rings. The molecule has 0 unspecified atom stereocenters. The zero-order valence-corrected chi connectivity index (χ0v) is 9.10. The topological polar surface area (TPSA) is 67.9 Å². The monoisotopic (exact) mass is 227 g/mol. The van der Waals surface area contributed by atoms with E-state index < -0.39 is 5.97 Å². The highest BCUT2D eigenvalue weighted by Crippen LogP contribution is 2.24. The number of aromatic nitrogens is 3. The number of nitrogens with zero attached hydrogens (tertiary/aromatic N) is 2. The Balaban J connectivity index is 2.31. The highest BCUT2D eigenvalue weighted by atomic mass is 16.5. The number of fused-ring (bicyclic) bond motifs is 2. The van der Waals surface area contributed by atoms with Crippen molar-refractivity contribution in [1.82, 2.24) is 15.0 Å². The first-order chi connectivity index (χ1) is 8.29. The molecular weight excluding hydrogens is 218 g/mol. The molecule has 3 rings (SSSR count). The van der Waals surface area contributed by atoms with E-state index in [9.17, 15) is 4.79 Å². The van der Waals surface area contributed by atoms with E-state index >= 15 is 0 Å². The van der Waals surface area contributed by atoms with E-state index in [1.54, 1.807) is 0 Å². The molecule has 5 nitrogen and oxygen atoms in total. The van der Waals surface area contributed by atoms with Gasteiger partial charge < -0.3 is 9.72 Å². The largest absolute Gasteiger partial charge is 0.465 e. The molecule has 0 radical (unpaired) electrons. The lowest BCUT2D eigenvalue weighted by atomic mass is 10.2. The second-order valence-corrected chi connectivity index (χ2v) is 3.62. The average molecular weight is 227 g/mol. The van der Waals surface area contributed by atoms with Gasteiger partial charge in [0.25, 0.3) is 0 Å². The van der Waals surface area contributed by atoms with Crippen molar-refractivity contribution in [2.75, 3.05) is 7.11 Å². The van der Waals surface area contributed by atoms with Crippen LogP contribution in [0.3, 0.4) is 0 Å². The highest BCUT2D eigenvalue weighted by molar-refractivity contribution is 5.97. The molecule has 0 saturated carbocycles. The zero-order chi connectivity index (χ0) is 11.8. The highest BCUT2D eigenvalue weighted by Gasteiger charge is 2.20. The summed E-state index contributed by atoms with van der Waals surface area (Å²) < 4.78 is 4.69. The Labute approximate surface area is 96.8 Å². The van der Waals surface area contributed by atoms with Crippen LogP contribution in [0.2, 0.25) is 0 Å². The maximum Gasteiger partial charge on any atom is 0.341 e. The summed E-state index contributed by atoms with van der Waals surface area (Å²) >= 11 is 0. The molecule has 0 bridgehead atoms. The number of methoxy groups -OCH3 is 1. The number of hydrogen-bond acceptors (Lipinski definition) is 4. The number of carbonyl (C=O) groups excluding carboxylic acids is 1. The normalized spacial score (nSPS) is 10.9. The minimum atomic E-state index is -0.416. The maximum atomic E-state index is 11.5. The molecule has 2 aliphatic heterocycles. The fraction of sp³-hybridized carbons (Fsp3) is 0.0833. The minimum Gasteiger partial charge on any atom is -0.465 e. The van der Waals surface area contributed by atoms with Gasteiger partial charge in [0.05, 0.1) is 18.1 Å². The number of esters is 1. The Kier molecular flexibility index (Phi) is 2.04. The predicted octanol–water partition coefficient (Wildman–Crippen LogP) is 1.85. The quantitative estimate of drug-likeness (QED) is 0.644. The minimum absolute atomic E-state index is 0.403. The number of hydrogen-bond donors (Lipinski definition) is 1. The molecule has 0 saturated heterocycles. The third kappa shape index (κ3) is 1.44. The van der Waals surface area contributed by atoms with Crippen molar-refractivity contribution in [2.24, 2.45) is 0 Å². The lowest BCUT2D eigenvalue weighted by Crippen LogP contribution is -2.02. The summed E-state index contributed by atoms with van der Waals surface area (Å²) in [6.07, 6.45) is 1.47. The summed E-state index contributed by atoms with van der Waals surface area (Å²) in [6.45, 7) is 0. The number of nitrogens with one attached hydrogen (secondary N) is 1. The van der Waals surface area contributed by atoms with Crippen LogP contribution < -0.4 is 0 Å². The fourth-order valence-electron chi connectivity index (χ4n) is 1.77. The summed E-state index contributed by atoms with van der Waals surface area (Å²) in [4.78, 5) is 23.1. The fourth-order valence-corrected chi connectivity index (χ4v) is 1.77. The van der Waals surface area contributed by atoms with Gasteiger partial charge in [-0.25, -0.2) is 14.8 Å². The van der Waals surface area contributed by atoms with Crippen LogP contribution in [-0.4, -0.2) is 28.0 Å². The van der Waals surface area contributed by atoms with Crippen LogP contribution in [-0.2, 0) is 4.74 Å². The van der Waals surface area contributed by atoms with Crippen LogP contribution in [0, 0.1) is 0 Å². The molecule has 1 aromatic carbocycles. The maximum absolute atomic E-state index is 11.5. The van der Waals surface area contributed by atoms with Crippen LogP contribution in [0.1, 0.15) is 10.4 Å². The second kappa shape index (κ2) is 3.55. The summed E-state index contributed by atoms with van der Waals surface area (Å²) in [6, 6.07) is 7.59. The number of ether oxygens (including phenoxy) is 1. The molecule has 2 aliphatic rings. The van der Waals surface area contributed by atoms with Gasteiger partial charge in [0.2, 0.25) is 0 Å². The van der Waals surface area contributed by atoms with Crippen molar-refractivity contribution < 1.29 is 9.53 Å². The van der Waals surface area contributed by atoms with Crippen LogP contribution in [0.25, 0.3) is 22.6 Å². The summed E-state index contributed by atoms with van der Waals surface area (Å²) in [5.74, 6) is 0.102. The van der Waals surface area contributed by atoms with Crippen molar-refractivity contribution in [3.63, 3.8) is 0 Å². The molecule has 0 spiro atoms. The van der Waals surface area contributed by atoms with Crippen molar-refractivity contribution in [3.05, 3.63) is 36.0 Å². The van der Waals surface area contributed by atoms with Gasteiger partial charge in [0.1, 0.15) is 11.3 Å². The van der Waals surface area contributed by atoms with Gasteiger partial charge in [0.15, 0.2) is 5.82 Å². The van der Waals surface area contributed by atoms with Gasteiger partial charge in [-0.3, -0.25) is 0 Å². The van der Waals surface area contributed by atoms with E-state index in [-0.39, 0.29) is 0 Å². The SMILES string of the molecule is COC(=O)c1cnc2nc3ccccc3[nH]c1-2.